The topological polar surface area (TPSA) is 67.2 Å². The summed E-state index contributed by atoms with van der Waals surface area (Å²) in [5.41, 5.74) is 1.17. The molecule has 0 amide bonds. The Morgan fingerprint density at radius 2 is 1.94 bits per heavy atom. The van der Waals surface area contributed by atoms with Gasteiger partial charge in [-0.2, -0.15) is 5.26 Å². The largest absolute Gasteiger partial charge is 0.462 e. The van der Waals surface area contributed by atoms with Crippen LogP contribution in [-0.4, -0.2) is 18.4 Å². The summed E-state index contributed by atoms with van der Waals surface area (Å²) in [6.45, 7) is 3.70. The Balaban J connectivity index is 2.93. The molecule has 0 unspecified atom stereocenters. The molecular formula is C14H13NO3. The molecule has 92 valence electrons. The van der Waals surface area contributed by atoms with Gasteiger partial charge in [-0.3, -0.25) is 4.79 Å². The first-order valence-electron chi connectivity index (χ1n) is 5.48. The van der Waals surface area contributed by atoms with Crippen molar-refractivity contribution >= 4 is 11.8 Å². The van der Waals surface area contributed by atoms with E-state index in [1.165, 1.54) is 0 Å². The van der Waals surface area contributed by atoms with Crippen LogP contribution in [0.5, 0.6) is 0 Å². The van der Waals surface area contributed by atoms with Crippen LogP contribution in [0.4, 0.5) is 0 Å². The Hall–Kier alpha value is -2.41. The van der Waals surface area contributed by atoms with E-state index in [2.05, 4.69) is 4.74 Å². The standard InChI is InChI=1S/C14H13NO3/c1-3-18-14(17)12(9-15)8-13(16)11-6-4-10(2)5-7-11/h4-8H,3H2,1-2H3/b12-8+. The first-order valence-corrected chi connectivity index (χ1v) is 5.48. The molecule has 1 aromatic carbocycles. The second kappa shape index (κ2) is 6.36. The second-order valence-electron chi connectivity index (χ2n) is 3.62. The van der Waals surface area contributed by atoms with Crippen LogP contribution >= 0.6 is 0 Å². The molecule has 0 heterocycles. The minimum atomic E-state index is -0.777. The SMILES string of the molecule is CCOC(=O)/C(C#N)=C/C(=O)c1ccc(C)cc1. The number of nitrogens with zero attached hydrogens (tertiary/aromatic N) is 1. The van der Waals surface area contributed by atoms with Crippen LogP contribution in [0.15, 0.2) is 35.9 Å². The van der Waals surface area contributed by atoms with Crippen LogP contribution < -0.4 is 0 Å². The molecular weight excluding hydrogens is 230 g/mol. The highest BCUT2D eigenvalue weighted by molar-refractivity contribution is 6.09. The lowest BCUT2D eigenvalue weighted by atomic mass is 10.1. The van der Waals surface area contributed by atoms with Crippen molar-refractivity contribution in [3.05, 3.63) is 47.0 Å². The Kier molecular flexibility index (Phi) is 4.82. The van der Waals surface area contributed by atoms with E-state index >= 15 is 0 Å². The first-order chi connectivity index (χ1) is 8.58. The van der Waals surface area contributed by atoms with Gasteiger partial charge in [0.2, 0.25) is 0 Å². The van der Waals surface area contributed by atoms with E-state index in [4.69, 9.17) is 5.26 Å². The molecule has 0 aliphatic heterocycles. The molecule has 0 fully saturated rings. The van der Waals surface area contributed by atoms with Crippen LogP contribution in [0, 0.1) is 18.3 Å². The summed E-state index contributed by atoms with van der Waals surface area (Å²) in [6.07, 6.45) is 1.00. The normalized spacial score (nSPS) is 10.6. The summed E-state index contributed by atoms with van der Waals surface area (Å²) in [5.74, 6) is -1.17. The number of ketones is 1. The Morgan fingerprint density at radius 1 is 1.33 bits per heavy atom. The zero-order valence-corrected chi connectivity index (χ0v) is 10.3. The van der Waals surface area contributed by atoms with Crippen LogP contribution in [-0.2, 0) is 9.53 Å². The zero-order valence-electron chi connectivity index (χ0n) is 10.3. The minimum Gasteiger partial charge on any atom is -0.462 e. The maximum Gasteiger partial charge on any atom is 0.349 e. The minimum absolute atomic E-state index is 0.163. The number of allylic oxidation sites excluding steroid dienone is 1. The number of hydrogen-bond acceptors (Lipinski definition) is 4. The second-order valence-corrected chi connectivity index (χ2v) is 3.62. The Morgan fingerprint density at radius 3 is 2.44 bits per heavy atom. The lowest BCUT2D eigenvalue weighted by Crippen LogP contribution is -2.08. The fraction of sp³-hybridized carbons (Fsp3) is 0.214. The highest BCUT2D eigenvalue weighted by Gasteiger charge is 2.12. The number of hydrogen-bond donors (Lipinski definition) is 0. The van der Waals surface area contributed by atoms with Crippen molar-refractivity contribution in [3.8, 4) is 6.07 Å². The monoisotopic (exact) mass is 243 g/mol. The quantitative estimate of drug-likeness (QED) is 0.352. The molecule has 0 atom stereocenters. The van der Waals surface area contributed by atoms with Crippen LogP contribution in [0.2, 0.25) is 0 Å². The number of ether oxygens (including phenoxy) is 1. The van der Waals surface area contributed by atoms with Crippen molar-refractivity contribution in [2.75, 3.05) is 6.61 Å². The molecule has 4 heteroatoms. The van der Waals surface area contributed by atoms with E-state index in [1.54, 1.807) is 37.3 Å². The molecule has 4 nitrogen and oxygen atoms in total. The molecule has 0 saturated heterocycles. The predicted octanol–water partition coefficient (Wildman–Crippen LogP) is 2.19. The van der Waals surface area contributed by atoms with Gasteiger partial charge in [0.15, 0.2) is 5.78 Å². The van der Waals surface area contributed by atoms with Crippen molar-refractivity contribution in [2.45, 2.75) is 13.8 Å². The fourth-order valence-electron chi connectivity index (χ4n) is 1.28. The summed E-state index contributed by atoms with van der Waals surface area (Å²) in [5, 5.41) is 8.79. The Labute approximate surface area is 105 Å². The van der Waals surface area contributed by atoms with Gasteiger partial charge >= 0.3 is 5.97 Å². The summed E-state index contributed by atoms with van der Waals surface area (Å²) in [6, 6.07) is 8.54. The molecule has 0 N–H and O–H groups in total. The first kappa shape index (κ1) is 13.7. The summed E-state index contributed by atoms with van der Waals surface area (Å²) in [7, 11) is 0. The van der Waals surface area contributed by atoms with Gasteiger partial charge in [-0.15, -0.1) is 0 Å². The molecule has 1 rings (SSSR count). The van der Waals surface area contributed by atoms with Gasteiger partial charge in [-0.25, -0.2) is 4.79 Å². The molecule has 0 aliphatic rings. The number of nitriles is 1. The van der Waals surface area contributed by atoms with E-state index in [0.717, 1.165) is 11.6 Å². The van der Waals surface area contributed by atoms with Gasteiger partial charge in [0.25, 0.3) is 0 Å². The average Bonchev–Trinajstić information content (AvgIpc) is 2.36. The van der Waals surface area contributed by atoms with Gasteiger partial charge in [0.05, 0.1) is 6.61 Å². The summed E-state index contributed by atoms with van der Waals surface area (Å²) < 4.78 is 4.67. The zero-order chi connectivity index (χ0) is 13.5. The van der Waals surface area contributed by atoms with Crippen LogP contribution in [0.1, 0.15) is 22.8 Å². The lowest BCUT2D eigenvalue weighted by Gasteiger charge is -2.00. The van der Waals surface area contributed by atoms with E-state index < -0.39 is 5.97 Å². The van der Waals surface area contributed by atoms with E-state index in [9.17, 15) is 9.59 Å². The van der Waals surface area contributed by atoms with Crippen molar-refractivity contribution in [2.24, 2.45) is 0 Å². The number of aryl methyl sites for hydroxylation is 1. The molecule has 0 saturated carbocycles. The number of esters is 1. The van der Waals surface area contributed by atoms with E-state index in [-0.39, 0.29) is 18.0 Å². The molecule has 0 aliphatic carbocycles. The number of benzene rings is 1. The van der Waals surface area contributed by atoms with Gasteiger partial charge in [0.1, 0.15) is 11.6 Å². The van der Waals surface area contributed by atoms with Gasteiger partial charge in [-0.05, 0) is 13.8 Å². The van der Waals surface area contributed by atoms with Crippen molar-refractivity contribution in [1.82, 2.24) is 0 Å². The molecule has 0 bridgehead atoms. The van der Waals surface area contributed by atoms with Gasteiger partial charge in [0, 0.05) is 11.6 Å². The molecule has 1 aromatic rings. The van der Waals surface area contributed by atoms with Crippen molar-refractivity contribution in [3.63, 3.8) is 0 Å². The van der Waals surface area contributed by atoms with E-state index in [0.29, 0.717) is 5.56 Å². The van der Waals surface area contributed by atoms with Crippen LogP contribution in [0.3, 0.4) is 0 Å². The van der Waals surface area contributed by atoms with Crippen molar-refractivity contribution in [1.29, 1.82) is 5.26 Å². The highest BCUT2D eigenvalue weighted by atomic mass is 16.5. The third-order valence-electron chi connectivity index (χ3n) is 2.23. The summed E-state index contributed by atoms with van der Waals surface area (Å²) in [4.78, 5) is 23.1. The Bertz CT molecular complexity index is 521. The number of carbonyl (C=O) groups is 2. The maximum atomic E-state index is 11.8. The van der Waals surface area contributed by atoms with Crippen LogP contribution in [0.25, 0.3) is 0 Å². The lowest BCUT2D eigenvalue weighted by molar-refractivity contribution is -0.138. The molecule has 0 aromatic heterocycles. The van der Waals surface area contributed by atoms with Crippen molar-refractivity contribution < 1.29 is 14.3 Å². The third kappa shape index (κ3) is 3.56. The molecule has 0 radical (unpaired) electrons. The number of carbonyl (C=O) groups excluding carboxylic acids is 2. The molecule has 18 heavy (non-hydrogen) atoms. The highest BCUT2D eigenvalue weighted by Crippen LogP contribution is 2.07. The fourth-order valence-corrected chi connectivity index (χ4v) is 1.28. The smallest absolute Gasteiger partial charge is 0.349 e. The van der Waals surface area contributed by atoms with Gasteiger partial charge in [-0.1, -0.05) is 29.8 Å². The maximum absolute atomic E-state index is 11.8. The average molecular weight is 243 g/mol. The number of rotatable bonds is 4. The third-order valence-corrected chi connectivity index (χ3v) is 2.23. The molecule has 0 spiro atoms. The summed E-state index contributed by atoms with van der Waals surface area (Å²) >= 11 is 0. The predicted molar refractivity (Wildman–Crippen MR) is 65.8 cm³/mol. The van der Waals surface area contributed by atoms with E-state index in [1.807, 2.05) is 6.92 Å². The van der Waals surface area contributed by atoms with Gasteiger partial charge < -0.3 is 4.74 Å².